The van der Waals surface area contributed by atoms with Crippen molar-refractivity contribution in [2.24, 2.45) is 4.99 Å². The van der Waals surface area contributed by atoms with Crippen LogP contribution in [0.4, 0.5) is 0 Å². The molecule has 0 N–H and O–H groups in total. The number of fused-ring (bicyclic) bond motifs is 1. The van der Waals surface area contributed by atoms with Crippen molar-refractivity contribution in [1.82, 2.24) is 4.98 Å². The fraction of sp³-hybridized carbons (Fsp3) is 0.250. The lowest BCUT2D eigenvalue weighted by atomic mass is 10.2. The summed E-state index contributed by atoms with van der Waals surface area (Å²) in [4.78, 5) is 8.28. The summed E-state index contributed by atoms with van der Waals surface area (Å²) >= 11 is 0. The highest BCUT2D eigenvalue weighted by molar-refractivity contribution is 5.23. The maximum absolute atomic E-state index is 4.30. The predicted molar refractivity (Wildman–Crippen MR) is 39.0 cm³/mol. The predicted octanol–water partition coefficient (Wildman–Crippen LogP) is -0.115. The molecule has 1 aromatic rings. The molecule has 0 bridgehead atoms. The molecule has 0 saturated carbocycles. The minimum atomic E-state index is 0.915. The van der Waals surface area contributed by atoms with Crippen molar-refractivity contribution in [3.8, 4) is 0 Å². The molecule has 2 heteroatoms. The smallest absolute Gasteiger partial charge is 0.0826 e. The molecule has 1 aromatic heterocycles. The van der Waals surface area contributed by atoms with Crippen molar-refractivity contribution in [3.05, 3.63) is 29.0 Å². The third kappa shape index (κ3) is 0.817. The van der Waals surface area contributed by atoms with Gasteiger partial charge in [0.05, 0.1) is 11.6 Å². The van der Waals surface area contributed by atoms with Crippen LogP contribution >= 0.6 is 0 Å². The van der Waals surface area contributed by atoms with Crippen molar-refractivity contribution < 1.29 is 0 Å². The maximum Gasteiger partial charge on any atom is 0.0826 e. The van der Waals surface area contributed by atoms with E-state index in [-0.39, 0.29) is 0 Å². The number of pyridine rings is 1. The van der Waals surface area contributed by atoms with Crippen LogP contribution in [-0.2, 0) is 0 Å². The second-order valence-electron chi connectivity index (χ2n) is 2.31. The summed E-state index contributed by atoms with van der Waals surface area (Å²) < 4.78 is 0. The Morgan fingerprint density at radius 1 is 1.40 bits per heavy atom. The van der Waals surface area contributed by atoms with E-state index in [2.05, 4.69) is 16.1 Å². The molecule has 0 atom stereocenters. The van der Waals surface area contributed by atoms with Gasteiger partial charge in [-0.1, -0.05) is 6.08 Å². The molecule has 0 radical (unpaired) electrons. The summed E-state index contributed by atoms with van der Waals surface area (Å²) in [5.41, 5.74) is 0. The van der Waals surface area contributed by atoms with E-state index in [1.807, 2.05) is 12.3 Å². The SMILES string of the molecule is C1=c2ccncc2=NCC1. The van der Waals surface area contributed by atoms with Crippen molar-refractivity contribution in [1.29, 1.82) is 0 Å². The zero-order valence-electron chi connectivity index (χ0n) is 5.62. The number of nitrogens with zero attached hydrogens (tertiary/aromatic N) is 2. The van der Waals surface area contributed by atoms with Crippen molar-refractivity contribution in [2.45, 2.75) is 6.42 Å². The molecule has 0 saturated heterocycles. The molecule has 0 unspecified atom stereocenters. The average molecular weight is 132 g/mol. The minimum Gasteiger partial charge on any atom is -0.283 e. The molecule has 0 fully saturated rings. The van der Waals surface area contributed by atoms with Crippen molar-refractivity contribution >= 4 is 6.08 Å². The topological polar surface area (TPSA) is 25.2 Å². The molecule has 0 spiro atoms. The van der Waals surface area contributed by atoms with Crippen molar-refractivity contribution in [2.75, 3.05) is 6.54 Å². The van der Waals surface area contributed by atoms with Crippen LogP contribution in [0.3, 0.4) is 0 Å². The zero-order valence-corrected chi connectivity index (χ0v) is 5.62. The van der Waals surface area contributed by atoms with Gasteiger partial charge in [-0.15, -0.1) is 0 Å². The largest absolute Gasteiger partial charge is 0.283 e. The van der Waals surface area contributed by atoms with Gasteiger partial charge in [-0.05, 0) is 17.7 Å². The summed E-state index contributed by atoms with van der Waals surface area (Å²) in [6.45, 7) is 0.915. The fourth-order valence-electron chi connectivity index (χ4n) is 1.11. The Balaban J connectivity index is 2.84. The van der Waals surface area contributed by atoms with Gasteiger partial charge in [0.1, 0.15) is 0 Å². The Morgan fingerprint density at radius 2 is 2.40 bits per heavy atom. The second-order valence-corrected chi connectivity index (χ2v) is 2.31. The van der Waals surface area contributed by atoms with Gasteiger partial charge >= 0.3 is 0 Å². The van der Waals surface area contributed by atoms with E-state index in [1.165, 1.54) is 5.22 Å². The number of aromatic nitrogens is 1. The van der Waals surface area contributed by atoms with E-state index in [9.17, 15) is 0 Å². The summed E-state index contributed by atoms with van der Waals surface area (Å²) in [5, 5.41) is 2.26. The molecular weight excluding hydrogens is 124 g/mol. The summed E-state index contributed by atoms with van der Waals surface area (Å²) in [5.74, 6) is 0. The molecule has 10 heavy (non-hydrogen) atoms. The lowest BCUT2D eigenvalue weighted by molar-refractivity contribution is 0.950. The summed E-state index contributed by atoms with van der Waals surface area (Å²) in [7, 11) is 0. The monoisotopic (exact) mass is 132 g/mol. The maximum atomic E-state index is 4.30. The Labute approximate surface area is 58.9 Å². The first-order chi connectivity index (χ1) is 4.97. The fourth-order valence-corrected chi connectivity index (χ4v) is 1.11. The van der Waals surface area contributed by atoms with Gasteiger partial charge in [-0.3, -0.25) is 9.98 Å². The Morgan fingerprint density at radius 3 is 3.30 bits per heavy atom. The lowest BCUT2D eigenvalue weighted by Crippen LogP contribution is -2.27. The van der Waals surface area contributed by atoms with Gasteiger partial charge in [0.2, 0.25) is 0 Å². The van der Waals surface area contributed by atoms with Crippen LogP contribution in [0.25, 0.3) is 6.08 Å². The van der Waals surface area contributed by atoms with Gasteiger partial charge in [-0.2, -0.15) is 0 Å². The first-order valence-electron chi connectivity index (χ1n) is 3.41. The molecule has 2 rings (SSSR count). The van der Waals surface area contributed by atoms with Crippen molar-refractivity contribution in [3.63, 3.8) is 0 Å². The summed E-state index contributed by atoms with van der Waals surface area (Å²) in [6, 6.07) is 2.00. The van der Waals surface area contributed by atoms with Gasteiger partial charge < -0.3 is 0 Å². The van der Waals surface area contributed by atoms with Crippen LogP contribution in [0.2, 0.25) is 0 Å². The van der Waals surface area contributed by atoms with E-state index in [0.717, 1.165) is 18.3 Å². The van der Waals surface area contributed by atoms with Gasteiger partial charge in [0.15, 0.2) is 0 Å². The lowest BCUT2D eigenvalue weighted by Gasteiger charge is -1.96. The quantitative estimate of drug-likeness (QED) is 0.483. The zero-order chi connectivity index (χ0) is 6.81. The highest BCUT2D eigenvalue weighted by Crippen LogP contribution is 1.84. The molecule has 0 aromatic carbocycles. The number of hydrogen-bond acceptors (Lipinski definition) is 2. The van der Waals surface area contributed by atoms with Crippen LogP contribution in [0.1, 0.15) is 6.42 Å². The van der Waals surface area contributed by atoms with E-state index < -0.39 is 0 Å². The summed E-state index contributed by atoms with van der Waals surface area (Å²) in [6.07, 6.45) is 6.88. The third-order valence-electron chi connectivity index (χ3n) is 1.61. The Hall–Kier alpha value is -1.18. The third-order valence-corrected chi connectivity index (χ3v) is 1.61. The van der Waals surface area contributed by atoms with Gasteiger partial charge in [0, 0.05) is 12.7 Å². The van der Waals surface area contributed by atoms with Crippen LogP contribution < -0.4 is 10.6 Å². The van der Waals surface area contributed by atoms with E-state index in [0.29, 0.717) is 0 Å². The molecule has 50 valence electrons. The molecule has 1 aliphatic rings. The van der Waals surface area contributed by atoms with Crippen LogP contribution in [0.5, 0.6) is 0 Å². The van der Waals surface area contributed by atoms with E-state index >= 15 is 0 Å². The highest BCUT2D eigenvalue weighted by Gasteiger charge is 1.90. The van der Waals surface area contributed by atoms with Crippen LogP contribution in [0.15, 0.2) is 23.5 Å². The number of rotatable bonds is 0. The minimum absolute atomic E-state index is 0.915. The molecule has 2 heterocycles. The highest BCUT2D eigenvalue weighted by atomic mass is 14.7. The molecular formula is C8H8N2. The molecule has 0 aliphatic carbocycles. The van der Waals surface area contributed by atoms with Gasteiger partial charge in [0.25, 0.3) is 0 Å². The van der Waals surface area contributed by atoms with E-state index in [1.54, 1.807) is 6.20 Å². The molecule has 0 amide bonds. The first kappa shape index (κ1) is 5.59. The van der Waals surface area contributed by atoms with Crippen LogP contribution in [0, 0.1) is 0 Å². The Bertz CT molecular complexity index is 306. The standard InChI is InChI=1S/C8H8N2/c1-2-7-3-5-9-6-8(7)10-4-1/h2-3,5-6H,1,4H2. The van der Waals surface area contributed by atoms with Gasteiger partial charge in [-0.25, -0.2) is 0 Å². The second kappa shape index (κ2) is 2.21. The number of hydrogen-bond donors (Lipinski definition) is 0. The molecule has 1 aliphatic heterocycles. The first-order valence-corrected chi connectivity index (χ1v) is 3.41. The molecule has 2 nitrogen and oxygen atoms in total. The normalized spacial score (nSPS) is 14.8. The Kier molecular flexibility index (Phi) is 1.24. The van der Waals surface area contributed by atoms with E-state index in [4.69, 9.17) is 0 Å². The van der Waals surface area contributed by atoms with Crippen LogP contribution in [-0.4, -0.2) is 11.5 Å². The average Bonchev–Trinajstić information content (AvgIpc) is 2.05.